The van der Waals surface area contributed by atoms with Crippen LogP contribution in [-0.2, 0) is 0 Å². The number of hydrogen-bond acceptors (Lipinski definition) is 2. The van der Waals surface area contributed by atoms with Crippen molar-refractivity contribution in [2.75, 3.05) is 0 Å². The molecule has 1 aliphatic rings. The van der Waals surface area contributed by atoms with Crippen molar-refractivity contribution in [2.45, 2.75) is 25.0 Å². The average Bonchev–Trinajstić information content (AvgIpc) is 2.07. The molecular formula is C10H9BrF2O2. The van der Waals surface area contributed by atoms with Gasteiger partial charge in [0.15, 0.2) is 11.6 Å². The first-order chi connectivity index (χ1) is 7.06. The van der Waals surface area contributed by atoms with Gasteiger partial charge in [0.05, 0.1) is 10.6 Å². The Labute approximate surface area is 94.0 Å². The molecule has 15 heavy (non-hydrogen) atoms. The molecule has 1 aromatic rings. The number of ether oxygens (including phenoxy) is 1. The molecule has 2 rings (SSSR count). The molecule has 0 radical (unpaired) electrons. The summed E-state index contributed by atoms with van der Waals surface area (Å²) in [7, 11) is 0. The Balaban J connectivity index is 2.14. The van der Waals surface area contributed by atoms with Crippen LogP contribution in [-0.4, -0.2) is 17.3 Å². The van der Waals surface area contributed by atoms with Crippen LogP contribution in [0, 0.1) is 11.6 Å². The normalized spacial score (nSPS) is 24.8. The summed E-state index contributed by atoms with van der Waals surface area (Å²) in [5.74, 6) is -1.38. The van der Waals surface area contributed by atoms with Crippen molar-refractivity contribution in [1.29, 1.82) is 0 Å². The molecule has 2 nitrogen and oxygen atoms in total. The quantitative estimate of drug-likeness (QED) is 0.901. The lowest BCUT2D eigenvalue weighted by atomic mass is 9.92. The molecule has 0 saturated heterocycles. The van der Waals surface area contributed by atoms with Crippen molar-refractivity contribution in [3.8, 4) is 5.75 Å². The zero-order valence-corrected chi connectivity index (χ0v) is 9.30. The minimum Gasteiger partial charge on any atom is -0.486 e. The smallest absolute Gasteiger partial charge is 0.169 e. The maximum Gasteiger partial charge on any atom is 0.169 e. The van der Waals surface area contributed by atoms with E-state index in [2.05, 4.69) is 15.9 Å². The number of benzene rings is 1. The number of rotatable bonds is 2. The Bertz CT molecular complexity index is 355. The minimum absolute atomic E-state index is 0.00769. The lowest BCUT2D eigenvalue weighted by molar-refractivity contribution is -0.0128. The zero-order chi connectivity index (χ0) is 11.0. The molecule has 0 unspecified atom stereocenters. The molecule has 1 fully saturated rings. The Morgan fingerprint density at radius 1 is 1.33 bits per heavy atom. The molecular weight excluding hydrogens is 270 g/mol. The summed E-state index contributed by atoms with van der Waals surface area (Å²) < 4.78 is 31.5. The van der Waals surface area contributed by atoms with Crippen LogP contribution < -0.4 is 4.74 Å². The molecule has 0 spiro atoms. The van der Waals surface area contributed by atoms with Gasteiger partial charge in [0, 0.05) is 18.9 Å². The largest absolute Gasteiger partial charge is 0.486 e. The van der Waals surface area contributed by atoms with Gasteiger partial charge in [-0.25, -0.2) is 8.78 Å². The highest BCUT2D eigenvalue weighted by atomic mass is 79.9. The van der Waals surface area contributed by atoms with E-state index in [1.807, 2.05) is 0 Å². The van der Waals surface area contributed by atoms with E-state index in [0.29, 0.717) is 12.8 Å². The summed E-state index contributed by atoms with van der Waals surface area (Å²) in [6.07, 6.45) is 0.431. The topological polar surface area (TPSA) is 29.5 Å². The van der Waals surface area contributed by atoms with Gasteiger partial charge in [0.1, 0.15) is 11.9 Å². The van der Waals surface area contributed by atoms with Crippen molar-refractivity contribution >= 4 is 15.9 Å². The Hall–Kier alpha value is -0.680. The van der Waals surface area contributed by atoms with E-state index in [0.717, 1.165) is 12.1 Å². The fraction of sp³-hybridized carbons (Fsp3) is 0.400. The molecule has 5 heteroatoms. The van der Waals surface area contributed by atoms with Crippen molar-refractivity contribution in [3.63, 3.8) is 0 Å². The first kappa shape index (κ1) is 10.8. The third kappa shape index (κ3) is 2.29. The van der Waals surface area contributed by atoms with Crippen molar-refractivity contribution in [3.05, 3.63) is 28.2 Å². The van der Waals surface area contributed by atoms with E-state index >= 15 is 0 Å². The molecule has 0 heterocycles. The van der Waals surface area contributed by atoms with E-state index in [-0.39, 0.29) is 22.4 Å². The molecule has 0 amide bonds. The fourth-order valence-corrected chi connectivity index (χ4v) is 1.94. The monoisotopic (exact) mass is 278 g/mol. The van der Waals surface area contributed by atoms with Crippen LogP contribution in [0.5, 0.6) is 5.75 Å². The van der Waals surface area contributed by atoms with E-state index in [1.54, 1.807) is 0 Å². The number of aliphatic hydroxyl groups is 1. The van der Waals surface area contributed by atoms with E-state index in [4.69, 9.17) is 9.84 Å². The molecule has 0 bridgehead atoms. The second kappa shape index (κ2) is 4.06. The highest BCUT2D eigenvalue weighted by Crippen LogP contribution is 2.33. The molecule has 1 N–H and O–H groups in total. The molecule has 1 saturated carbocycles. The Morgan fingerprint density at radius 2 is 2.00 bits per heavy atom. The fourth-order valence-electron chi connectivity index (χ4n) is 1.44. The first-order valence-electron chi connectivity index (χ1n) is 4.55. The van der Waals surface area contributed by atoms with E-state index in [1.165, 1.54) is 0 Å². The highest BCUT2D eigenvalue weighted by molar-refractivity contribution is 9.10. The van der Waals surface area contributed by atoms with Crippen LogP contribution in [0.15, 0.2) is 16.6 Å². The van der Waals surface area contributed by atoms with Gasteiger partial charge >= 0.3 is 0 Å². The third-order valence-electron chi connectivity index (χ3n) is 2.32. The molecule has 0 aromatic heterocycles. The standard InChI is InChI=1S/C10H9BrF2O2/c11-8-1-5(12)2-9(13)10(8)15-7-3-6(14)4-7/h1-2,6-7,14H,3-4H2. The van der Waals surface area contributed by atoms with Crippen LogP contribution in [0.2, 0.25) is 0 Å². The first-order valence-corrected chi connectivity index (χ1v) is 5.35. The predicted molar refractivity (Wildman–Crippen MR) is 53.7 cm³/mol. The Kier molecular flexibility index (Phi) is 2.93. The van der Waals surface area contributed by atoms with Gasteiger partial charge in [-0.15, -0.1) is 0 Å². The van der Waals surface area contributed by atoms with E-state index in [9.17, 15) is 8.78 Å². The van der Waals surface area contributed by atoms with Crippen LogP contribution in [0.4, 0.5) is 8.78 Å². The number of hydrogen-bond donors (Lipinski definition) is 1. The summed E-state index contributed by atoms with van der Waals surface area (Å²) in [6, 6.07) is 1.92. The van der Waals surface area contributed by atoms with Crippen molar-refractivity contribution in [2.24, 2.45) is 0 Å². The molecule has 0 aliphatic heterocycles. The van der Waals surface area contributed by atoms with Gasteiger partial charge in [0.25, 0.3) is 0 Å². The summed E-state index contributed by atoms with van der Waals surface area (Å²) in [4.78, 5) is 0. The highest BCUT2D eigenvalue weighted by Gasteiger charge is 2.30. The lowest BCUT2D eigenvalue weighted by Crippen LogP contribution is -2.37. The summed E-state index contributed by atoms with van der Waals surface area (Å²) in [6.45, 7) is 0. The SMILES string of the molecule is OC1CC(Oc2c(F)cc(F)cc2Br)C1. The van der Waals surface area contributed by atoms with Crippen LogP contribution in [0.25, 0.3) is 0 Å². The average molecular weight is 279 g/mol. The molecule has 0 atom stereocenters. The van der Waals surface area contributed by atoms with Crippen LogP contribution in [0.1, 0.15) is 12.8 Å². The van der Waals surface area contributed by atoms with Crippen molar-refractivity contribution in [1.82, 2.24) is 0 Å². The van der Waals surface area contributed by atoms with E-state index < -0.39 is 11.6 Å². The molecule has 1 aliphatic carbocycles. The molecule has 1 aromatic carbocycles. The number of halogens is 3. The molecule has 82 valence electrons. The number of aliphatic hydroxyl groups excluding tert-OH is 1. The summed E-state index contributed by atoms with van der Waals surface area (Å²) in [5, 5.41) is 9.03. The maximum absolute atomic E-state index is 13.3. The van der Waals surface area contributed by atoms with Gasteiger partial charge in [0.2, 0.25) is 0 Å². The zero-order valence-electron chi connectivity index (χ0n) is 7.71. The second-order valence-electron chi connectivity index (χ2n) is 3.56. The van der Waals surface area contributed by atoms with Crippen LogP contribution in [0.3, 0.4) is 0 Å². The van der Waals surface area contributed by atoms with Gasteiger partial charge in [-0.3, -0.25) is 0 Å². The summed E-state index contributed by atoms with van der Waals surface area (Å²) >= 11 is 3.03. The second-order valence-corrected chi connectivity index (χ2v) is 4.42. The van der Waals surface area contributed by atoms with Gasteiger partial charge < -0.3 is 9.84 Å². The Morgan fingerprint density at radius 3 is 2.53 bits per heavy atom. The van der Waals surface area contributed by atoms with Gasteiger partial charge in [-0.2, -0.15) is 0 Å². The summed E-state index contributed by atoms with van der Waals surface area (Å²) in [5.41, 5.74) is 0. The third-order valence-corrected chi connectivity index (χ3v) is 2.91. The van der Waals surface area contributed by atoms with Gasteiger partial charge in [-0.1, -0.05) is 0 Å². The maximum atomic E-state index is 13.3. The van der Waals surface area contributed by atoms with Crippen LogP contribution >= 0.6 is 15.9 Å². The lowest BCUT2D eigenvalue weighted by Gasteiger charge is -2.31. The predicted octanol–water partition coefficient (Wildman–Crippen LogP) is 2.63. The van der Waals surface area contributed by atoms with Crippen molar-refractivity contribution < 1.29 is 18.6 Å². The van der Waals surface area contributed by atoms with Gasteiger partial charge in [-0.05, 0) is 22.0 Å². The minimum atomic E-state index is -0.733.